The normalized spacial score (nSPS) is 17.2. The molecular weight excluding hydrogens is 354 g/mol. The summed E-state index contributed by atoms with van der Waals surface area (Å²) in [7, 11) is 0. The molecule has 1 atom stereocenters. The van der Waals surface area contributed by atoms with E-state index in [9.17, 15) is 9.59 Å². The molecule has 1 aromatic heterocycles. The van der Waals surface area contributed by atoms with E-state index in [0.717, 1.165) is 25.9 Å². The second-order valence-corrected chi connectivity index (χ2v) is 6.66. The number of hydrogen-bond donors (Lipinski definition) is 2. The molecule has 1 aromatic carbocycles. The van der Waals surface area contributed by atoms with Gasteiger partial charge in [0.2, 0.25) is 5.91 Å². The van der Waals surface area contributed by atoms with Crippen molar-refractivity contribution in [3.05, 3.63) is 77.6 Å². The van der Waals surface area contributed by atoms with Crippen LogP contribution in [0.5, 0.6) is 0 Å². The van der Waals surface area contributed by atoms with E-state index in [4.69, 9.17) is 5.21 Å². The second-order valence-electron chi connectivity index (χ2n) is 6.66. The van der Waals surface area contributed by atoms with Gasteiger partial charge in [-0.1, -0.05) is 36.4 Å². The smallest absolute Gasteiger partial charge is 0.267 e. The maximum Gasteiger partial charge on any atom is 0.267 e. The fourth-order valence-corrected chi connectivity index (χ4v) is 3.29. The minimum atomic E-state index is -0.629. The number of hydrogen-bond acceptors (Lipinski definition) is 4. The average molecular weight is 377 g/mol. The molecule has 28 heavy (non-hydrogen) atoms. The van der Waals surface area contributed by atoms with E-state index in [1.54, 1.807) is 30.4 Å². The minimum Gasteiger partial charge on any atom is -0.339 e. The molecule has 3 rings (SSSR count). The van der Waals surface area contributed by atoms with Gasteiger partial charge in [0.05, 0.1) is 11.4 Å². The van der Waals surface area contributed by atoms with Crippen LogP contribution in [0.25, 0.3) is 12.2 Å². The molecule has 0 spiro atoms. The van der Waals surface area contributed by atoms with Gasteiger partial charge >= 0.3 is 0 Å². The molecule has 0 saturated carbocycles. The van der Waals surface area contributed by atoms with Crippen molar-refractivity contribution < 1.29 is 14.8 Å². The lowest BCUT2D eigenvalue weighted by molar-refractivity contribution is -0.127. The summed E-state index contributed by atoms with van der Waals surface area (Å²) in [5, 5.41) is 8.50. The molecule has 1 fully saturated rings. The predicted octanol–water partition coefficient (Wildman–Crippen LogP) is 3.02. The maximum absolute atomic E-state index is 12.6. The number of rotatable bonds is 5. The van der Waals surface area contributed by atoms with Crippen molar-refractivity contribution in [2.75, 3.05) is 13.1 Å². The number of hydroxylamine groups is 1. The summed E-state index contributed by atoms with van der Waals surface area (Å²) in [5.41, 5.74) is 3.98. The molecular formula is C22H23N3O3. The zero-order valence-corrected chi connectivity index (χ0v) is 15.5. The Morgan fingerprint density at radius 2 is 1.75 bits per heavy atom. The van der Waals surface area contributed by atoms with Crippen molar-refractivity contribution in [2.45, 2.75) is 18.8 Å². The van der Waals surface area contributed by atoms with Crippen LogP contribution in [0.3, 0.4) is 0 Å². The third-order valence-electron chi connectivity index (χ3n) is 4.71. The largest absolute Gasteiger partial charge is 0.339 e. The Bertz CT molecular complexity index is 878. The molecule has 1 saturated heterocycles. The third kappa shape index (κ3) is 5.37. The van der Waals surface area contributed by atoms with E-state index >= 15 is 0 Å². The van der Waals surface area contributed by atoms with Crippen LogP contribution < -0.4 is 5.48 Å². The fourth-order valence-electron chi connectivity index (χ4n) is 3.29. The summed E-state index contributed by atoms with van der Waals surface area (Å²) in [5.74, 6) is -0.282. The predicted molar refractivity (Wildman–Crippen MR) is 107 cm³/mol. The molecule has 2 amide bonds. The van der Waals surface area contributed by atoms with Crippen LogP contribution in [0.4, 0.5) is 0 Å². The summed E-state index contributed by atoms with van der Waals surface area (Å²) in [6.45, 7) is 1.48. The highest BCUT2D eigenvalue weighted by atomic mass is 16.5. The number of nitrogens with zero attached hydrogens (tertiary/aromatic N) is 2. The zero-order valence-electron chi connectivity index (χ0n) is 15.5. The van der Waals surface area contributed by atoms with Crippen molar-refractivity contribution >= 4 is 24.0 Å². The Morgan fingerprint density at radius 3 is 2.46 bits per heavy atom. The lowest BCUT2D eigenvalue weighted by atomic mass is 9.90. The van der Waals surface area contributed by atoms with Gasteiger partial charge in [-0.2, -0.15) is 0 Å². The average Bonchev–Trinajstić information content (AvgIpc) is 2.76. The van der Waals surface area contributed by atoms with Gasteiger partial charge in [0.15, 0.2) is 0 Å². The lowest BCUT2D eigenvalue weighted by Crippen LogP contribution is -2.38. The summed E-state index contributed by atoms with van der Waals surface area (Å²) in [6, 6.07) is 15.6. The molecule has 1 aliphatic heterocycles. The van der Waals surface area contributed by atoms with E-state index in [2.05, 4.69) is 17.1 Å². The number of benzene rings is 1. The first-order chi connectivity index (χ1) is 13.7. The Balaban J connectivity index is 1.63. The topological polar surface area (TPSA) is 82.5 Å². The Kier molecular flexibility index (Phi) is 6.70. The number of carbonyl (C=O) groups is 2. The standard InChI is InChI=1S/C22H23N3O3/c26-21(24-28)13-11-19-9-4-10-20(23-19)12-14-22(27)25-15-5-8-18(16-25)17-6-2-1-3-7-17/h1-4,6-7,9-14,18,28H,5,8,15-16H2,(H,24,26)/b13-11+,14-12+/t18-/m0/s1. The molecule has 6 heteroatoms. The molecule has 2 heterocycles. The van der Waals surface area contributed by atoms with Gasteiger partial charge < -0.3 is 4.90 Å². The van der Waals surface area contributed by atoms with E-state index in [1.807, 2.05) is 23.1 Å². The zero-order chi connectivity index (χ0) is 19.8. The molecule has 0 radical (unpaired) electrons. The molecule has 0 unspecified atom stereocenters. The number of aromatic nitrogens is 1. The molecule has 0 aliphatic carbocycles. The first-order valence-corrected chi connectivity index (χ1v) is 9.27. The fraction of sp³-hybridized carbons (Fsp3) is 0.227. The van der Waals surface area contributed by atoms with Crippen molar-refractivity contribution in [1.82, 2.24) is 15.4 Å². The van der Waals surface area contributed by atoms with E-state index in [1.165, 1.54) is 23.2 Å². The van der Waals surface area contributed by atoms with Gasteiger partial charge in [-0.15, -0.1) is 0 Å². The summed E-state index contributed by atoms with van der Waals surface area (Å²) >= 11 is 0. The SMILES string of the molecule is O=C(/C=C/c1cccc(/C=C/C(=O)N2CCC[C@H](c3ccccc3)C2)n1)NO. The Morgan fingerprint density at radius 1 is 1.04 bits per heavy atom. The van der Waals surface area contributed by atoms with Crippen molar-refractivity contribution in [3.8, 4) is 0 Å². The first-order valence-electron chi connectivity index (χ1n) is 9.27. The van der Waals surface area contributed by atoms with Crippen LogP contribution in [0, 0.1) is 0 Å². The van der Waals surface area contributed by atoms with E-state index in [-0.39, 0.29) is 5.91 Å². The van der Waals surface area contributed by atoms with Gasteiger partial charge in [-0.25, -0.2) is 10.5 Å². The highest BCUT2D eigenvalue weighted by Crippen LogP contribution is 2.26. The Labute approximate surface area is 164 Å². The van der Waals surface area contributed by atoms with Crippen molar-refractivity contribution in [3.63, 3.8) is 0 Å². The third-order valence-corrected chi connectivity index (χ3v) is 4.71. The van der Waals surface area contributed by atoms with Gasteiger partial charge in [0, 0.05) is 31.2 Å². The monoisotopic (exact) mass is 377 g/mol. The van der Waals surface area contributed by atoms with E-state index in [0.29, 0.717) is 17.3 Å². The highest BCUT2D eigenvalue weighted by molar-refractivity contribution is 5.92. The molecule has 2 aromatic rings. The summed E-state index contributed by atoms with van der Waals surface area (Å²) in [6.07, 6.45) is 7.97. The van der Waals surface area contributed by atoms with Gasteiger partial charge in [-0.3, -0.25) is 14.8 Å². The van der Waals surface area contributed by atoms with Crippen molar-refractivity contribution in [2.24, 2.45) is 0 Å². The number of amides is 2. The van der Waals surface area contributed by atoms with Gasteiger partial charge in [0.25, 0.3) is 5.91 Å². The van der Waals surface area contributed by atoms with Gasteiger partial charge in [-0.05, 0) is 42.7 Å². The quantitative estimate of drug-likeness (QED) is 0.477. The minimum absolute atomic E-state index is 0.0250. The summed E-state index contributed by atoms with van der Waals surface area (Å²) < 4.78 is 0. The van der Waals surface area contributed by atoms with Crippen LogP contribution in [-0.2, 0) is 9.59 Å². The number of carbonyl (C=O) groups excluding carboxylic acids is 2. The molecule has 2 N–H and O–H groups in total. The van der Waals surface area contributed by atoms with Crippen LogP contribution in [0.15, 0.2) is 60.7 Å². The number of nitrogens with one attached hydrogen (secondary N) is 1. The van der Waals surface area contributed by atoms with E-state index < -0.39 is 5.91 Å². The molecule has 6 nitrogen and oxygen atoms in total. The summed E-state index contributed by atoms with van der Waals surface area (Å²) in [4.78, 5) is 29.9. The lowest BCUT2D eigenvalue weighted by Gasteiger charge is -2.32. The molecule has 1 aliphatic rings. The first kappa shape index (κ1) is 19.5. The maximum atomic E-state index is 12.6. The number of piperidine rings is 1. The van der Waals surface area contributed by atoms with Crippen LogP contribution in [0.1, 0.15) is 35.7 Å². The van der Waals surface area contributed by atoms with Crippen LogP contribution in [-0.4, -0.2) is 40.0 Å². The van der Waals surface area contributed by atoms with Gasteiger partial charge in [0.1, 0.15) is 0 Å². The van der Waals surface area contributed by atoms with Crippen LogP contribution in [0.2, 0.25) is 0 Å². The van der Waals surface area contributed by atoms with Crippen LogP contribution >= 0.6 is 0 Å². The van der Waals surface area contributed by atoms with Crippen molar-refractivity contribution in [1.29, 1.82) is 0 Å². The molecule has 0 bridgehead atoms. The number of pyridine rings is 1. The number of likely N-dealkylation sites (tertiary alicyclic amines) is 1. The second kappa shape index (κ2) is 9.62. The Hall–Kier alpha value is -3.25. The molecule has 144 valence electrons. The highest BCUT2D eigenvalue weighted by Gasteiger charge is 2.23.